The third-order valence-corrected chi connectivity index (χ3v) is 6.18. The summed E-state index contributed by atoms with van der Waals surface area (Å²) in [6, 6.07) is 7.59. The number of carbonyl (C=O) groups excluding carboxylic acids is 2. The van der Waals surface area contributed by atoms with Gasteiger partial charge < -0.3 is 14.7 Å². The molecule has 1 atom stereocenters. The fraction of sp³-hybridized carbons (Fsp3) is 0.227. The number of thiazole rings is 1. The number of aliphatic hydroxyl groups is 1. The topological polar surface area (TPSA) is 83.0 Å². The van der Waals surface area contributed by atoms with Gasteiger partial charge in [0.2, 0.25) is 0 Å². The lowest BCUT2D eigenvalue weighted by Crippen LogP contribution is -2.30. The highest BCUT2D eigenvalue weighted by Gasteiger charge is 2.32. The molecule has 7 nitrogen and oxygen atoms in total. The quantitative estimate of drug-likeness (QED) is 0.469. The number of aromatic nitrogens is 1. The monoisotopic (exact) mass is 529 g/mol. The molecular formula is C22H16ClF4N3O4S. The van der Waals surface area contributed by atoms with Crippen LogP contribution in [-0.4, -0.2) is 52.4 Å². The van der Waals surface area contributed by atoms with Crippen LogP contribution in [0.4, 0.5) is 28.4 Å². The Morgan fingerprint density at radius 1 is 1.20 bits per heavy atom. The first kappa shape index (κ1) is 24.9. The minimum Gasteiger partial charge on any atom is -0.406 e. The molecule has 0 bridgehead atoms. The van der Waals surface area contributed by atoms with Crippen LogP contribution >= 0.6 is 22.9 Å². The molecule has 1 saturated heterocycles. The molecule has 184 valence electrons. The largest absolute Gasteiger partial charge is 0.573 e. The number of likely N-dealkylation sites (tertiary alicyclic amines) is 1. The van der Waals surface area contributed by atoms with Crippen LogP contribution in [0.3, 0.4) is 0 Å². The van der Waals surface area contributed by atoms with Crippen molar-refractivity contribution in [2.45, 2.75) is 18.9 Å². The molecule has 2 heterocycles. The highest BCUT2D eigenvalue weighted by molar-refractivity contribution is 7.14. The van der Waals surface area contributed by atoms with Crippen molar-refractivity contribution in [2.75, 3.05) is 18.0 Å². The van der Waals surface area contributed by atoms with Gasteiger partial charge in [0, 0.05) is 18.5 Å². The van der Waals surface area contributed by atoms with Crippen LogP contribution in [0, 0.1) is 5.82 Å². The van der Waals surface area contributed by atoms with Gasteiger partial charge in [-0.05, 0) is 48.9 Å². The summed E-state index contributed by atoms with van der Waals surface area (Å²) in [4.78, 5) is 32.9. The zero-order valence-electron chi connectivity index (χ0n) is 17.6. The number of hydrogen-bond acceptors (Lipinski definition) is 6. The Hall–Kier alpha value is -3.22. The van der Waals surface area contributed by atoms with Gasteiger partial charge in [-0.1, -0.05) is 11.6 Å². The van der Waals surface area contributed by atoms with Crippen LogP contribution < -0.4 is 9.64 Å². The predicted octanol–water partition coefficient (Wildman–Crippen LogP) is 5.02. The number of benzene rings is 2. The van der Waals surface area contributed by atoms with Gasteiger partial charge >= 0.3 is 6.36 Å². The third-order valence-electron chi connectivity index (χ3n) is 5.05. The van der Waals surface area contributed by atoms with Crippen LogP contribution in [0.15, 0.2) is 47.8 Å². The van der Waals surface area contributed by atoms with Crippen molar-refractivity contribution in [3.05, 3.63) is 69.9 Å². The maximum Gasteiger partial charge on any atom is 0.573 e. The number of alkyl halides is 3. The molecule has 4 rings (SSSR count). The van der Waals surface area contributed by atoms with Gasteiger partial charge in [-0.15, -0.1) is 24.5 Å². The number of carbonyl (C=O) groups is 2. The lowest BCUT2D eigenvalue weighted by atomic mass is 10.1. The average molecular weight is 530 g/mol. The number of ether oxygens (including phenoxy) is 1. The second-order valence-corrected chi connectivity index (χ2v) is 8.76. The van der Waals surface area contributed by atoms with Gasteiger partial charge in [0.25, 0.3) is 11.8 Å². The standard InChI is InChI=1S/C22H16ClF4N3O4S/c23-17-9-12(24)1-6-16(17)19(32)30(13-2-4-15(5-3-13)34-22(25,26)27)21-28-18(11-35-21)20(33)29-8-7-14(31)10-29/h1-6,9,11,14,31H,7-8,10H2. The summed E-state index contributed by atoms with van der Waals surface area (Å²) in [5, 5.41) is 11.0. The van der Waals surface area contributed by atoms with Gasteiger partial charge in [-0.25, -0.2) is 9.37 Å². The normalized spacial score (nSPS) is 15.8. The summed E-state index contributed by atoms with van der Waals surface area (Å²) in [7, 11) is 0. The summed E-state index contributed by atoms with van der Waals surface area (Å²) >= 11 is 7.00. The maximum absolute atomic E-state index is 13.5. The van der Waals surface area contributed by atoms with Crippen LogP contribution in [0.2, 0.25) is 5.02 Å². The molecule has 2 aromatic carbocycles. The van der Waals surface area contributed by atoms with E-state index in [9.17, 15) is 32.3 Å². The number of hydrogen-bond donors (Lipinski definition) is 1. The first-order valence-corrected chi connectivity index (χ1v) is 11.4. The summed E-state index contributed by atoms with van der Waals surface area (Å²) in [6.45, 7) is 0.502. The lowest BCUT2D eigenvalue weighted by molar-refractivity contribution is -0.274. The third kappa shape index (κ3) is 5.72. The van der Waals surface area contributed by atoms with Crippen molar-refractivity contribution in [3.8, 4) is 5.75 Å². The minimum atomic E-state index is -4.90. The van der Waals surface area contributed by atoms with E-state index in [1.165, 1.54) is 28.5 Å². The van der Waals surface area contributed by atoms with Crippen molar-refractivity contribution in [2.24, 2.45) is 0 Å². The highest BCUT2D eigenvalue weighted by Crippen LogP contribution is 2.34. The van der Waals surface area contributed by atoms with E-state index in [1.807, 2.05) is 0 Å². The highest BCUT2D eigenvalue weighted by atomic mass is 35.5. The van der Waals surface area contributed by atoms with E-state index in [0.717, 1.165) is 40.5 Å². The van der Waals surface area contributed by atoms with Gasteiger partial charge in [-0.3, -0.25) is 14.5 Å². The molecule has 0 radical (unpaired) electrons. The fourth-order valence-corrected chi connectivity index (χ4v) is 4.51. The molecule has 0 aliphatic carbocycles. The van der Waals surface area contributed by atoms with Crippen molar-refractivity contribution >= 4 is 45.6 Å². The van der Waals surface area contributed by atoms with E-state index >= 15 is 0 Å². The van der Waals surface area contributed by atoms with Crippen LogP contribution in [0.25, 0.3) is 0 Å². The van der Waals surface area contributed by atoms with E-state index in [4.69, 9.17) is 11.6 Å². The Labute approximate surface area is 205 Å². The molecule has 1 aliphatic heterocycles. The van der Waals surface area contributed by atoms with E-state index < -0.39 is 35.8 Å². The SMILES string of the molecule is O=C(c1csc(N(C(=O)c2ccc(F)cc2Cl)c2ccc(OC(F)(F)F)cc2)n1)N1CCC(O)C1. The number of halogens is 5. The van der Waals surface area contributed by atoms with E-state index in [-0.39, 0.29) is 33.6 Å². The number of aliphatic hydroxyl groups excluding tert-OH is 1. The first-order valence-electron chi connectivity index (χ1n) is 10.1. The maximum atomic E-state index is 13.5. The number of β-amino-alcohol motifs (C(OH)–C–C–N with tert-alkyl or cyclic N) is 1. The molecule has 2 amide bonds. The van der Waals surface area contributed by atoms with Crippen molar-refractivity contribution in [3.63, 3.8) is 0 Å². The molecule has 1 N–H and O–H groups in total. The fourth-order valence-electron chi connectivity index (χ4n) is 3.45. The molecule has 1 aliphatic rings. The number of amides is 2. The molecule has 0 spiro atoms. The number of anilines is 2. The average Bonchev–Trinajstić information content (AvgIpc) is 3.43. The molecule has 35 heavy (non-hydrogen) atoms. The molecule has 3 aromatic rings. The zero-order chi connectivity index (χ0) is 25.3. The summed E-state index contributed by atoms with van der Waals surface area (Å²) in [6.07, 6.45) is -5.09. The zero-order valence-corrected chi connectivity index (χ0v) is 19.2. The Balaban J connectivity index is 1.70. The Bertz CT molecular complexity index is 1250. The van der Waals surface area contributed by atoms with Crippen molar-refractivity contribution < 1.29 is 37.0 Å². The smallest absolute Gasteiger partial charge is 0.406 e. The molecule has 0 saturated carbocycles. The first-order chi connectivity index (χ1) is 16.5. The van der Waals surface area contributed by atoms with Crippen molar-refractivity contribution in [1.29, 1.82) is 0 Å². The minimum absolute atomic E-state index is 0.0270. The Morgan fingerprint density at radius 3 is 2.51 bits per heavy atom. The number of rotatable bonds is 5. The molecule has 1 aromatic heterocycles. The summed E-state index contributed by atoms with van der Waals surface area (Å²) in [5.41, 5.74) is 0.0448. The van der Waals surface area contributed by atoms with Crippen molar-refractivity contribution in [1.82, 2.24) is 9.88 Å². The summed E-state index contributed by atoms with van der Waals surface area (Å²) in [5.74, 6) is -2.35. The lowest BCUT2D eigenvalue weighted by Gasteiger charge is -2.21. The summed E-state index contributed by atoms with van der Waals surface area (Å²) < 4.78 is 55.0. The van der Waals surface area contributed by atoms with E-state index in [1.54, 1.807) is 0 Å². The van der Waals surface area contributed by atoms with Crippen LogP contribution in [0.5, 0.6) is 5.75 Å². The van der Waals surface area contributed by atoms with Crippen LogP contribution in [0.1, 0.15) is 27.3 Å². The second-order valence-electron chi connectivity index (χ2n) is 7.52. The van der Waals surface area contributed by atoms with E-state index in [0.29, 0.717) is 13.0 Å². The van der Waals surface area contributed by atoms with Gasteiger partial charge in [-0.2, -0.15) is 0 Å². The second kappa shape index (κ2) is 9.80. The van der Waals surface area contributed by atoms with Gasteiger partial charge in [0.1, 0.15) is 17.3 Å². The predicted molar refractivity (Wildman–Crippen MR) is 120 cm³/mol. The van der Waals surface area contributed by atoms with Crippen LogP contribution in [-0.2, 0) is 0 Å². The molecule has 1 fully saturated rings. The molecule has 1 unspecified atom stereocenters. The van der Waals surface area contributed by atoms with Gasteiger partial charge in [0.15, 0.2) is 5.13 Å². The Kier molecular flexibility index (Phi) is 6.97. The number of nitrogens with zero attached hydrogens (tertiary/aromatic N) is 3. The molecule has 13 heteroatoms. The van der Waals surface area contributed by atoms with E-state index in [2.05, 4.69) is 9.72 Å². The molecular weight excluding hydrogens is 514 g/mol. The Morgan fingerprint density at radius 2 is 1.91 bits per heavy atom. The van der Waals surface area contributed by atoms with Gasteiger partial charge in [0.05, 0.1) is 22.4 Å².